The van der Waals surface area contributed by atoms with Gasteiger partial charge in [0.1, 0.15) is 5.69 Å². The summed E-state index contributed by atoms with van der Waals surface area (Å²) < 4.78 is 1.78. The third-order valence-corrected chi connectivity index (χ3v) is 5.62. The van der Waals surface area contributed by atoms with Crippen molar-refractivity contribution in [2.45, 2.75) is 77.2 Å². The lowest BCUT2D eigenvalue weighted by atomic mass is 9.81. The molecule has 2 heterocycles. The molecule has 23 heavy (non-hydrogen) atoms. The van der Waals surface area contributed by atoms with E-state index in [0.29, 0.717) is 12.0 Å². The van der Waals surface area contributed by atoms with E-state index in [4.69, 9.17) is 0 Å². The molecule has 0 unspecified atom stereocenters. The molecule has 0 radical (unpaired) electrons. The fraction of sp³-hybridized carbons (Fsp3) is 0.789. The van der Waals surface area contributed by atoms with Gasteiger partial charge in [-0.25, -0.2) is 0 Å². The van der Waals surface area contributed by atoms with E-state index in [1.54, 1.807) is 4.68 Å². The number of hydrogen-bond donors (Lipinski definition) is 0. The number of carbonyl (C=O) groups is 1. The van der Waals surface area contributed by atoms with Crippen molar-refractivity contribution in [3.05, 3.63) is 17.5 Å². The molecule has 3 rings (SSSR count). The molecule has 0 N–H and O–H groups in total. The maximum Gasteiger partial charge on any atom is 0.272 e. The average Bonchev–Trinajstić information content (AvgIpc) is 2.77. The molecule has 1 amide bonds. The Morgan fingerprint density at radius 1 is 1.13 bits per heavy atom. The monoisotopic (exact) mass is 317 g/mol. The molecule has 1 aliphatic carbocycles. The van der Waals surface area contributed by atoms with Crippen molar-refractivity contribution in [3.8, 4) is 0 Å². The third kappa shape index (κ3) is 3.31. The van der Waals surface area contributed by atoms with Crippen LogP contribution in [0.3, 0.4) is 0 Å². The minimum atomic E-state index is -0.0253. The van der Waals surface area contributed by atoms with Gasteiger partial charge in [0.05, 0.1) is 5.69 Å². The zero-order valence-electron chi connectivity index (χ0n) is 15.1. The maximum atomic E-state index is 13.2. The van der Waals surface area contributed by atoms with E-state index in [0.717, 1.165) is 24.4 Å². The fourth-order valence-electron chi connectivity index (χ4n) is 4.22. The van der Waals surface area contributed by atoms with Crippen molar-refractivity contribution in [1.82, 2.24) is 14.7 Å². The zero-order valence-corrected chi connectivity index (χ0v) is 15.1. The van der Waals surface area contributed by atoms with Crippen LogP contribution in [-0.2, 0) is 12.5 Å². The van der Waals surface area contributed by atoms with Crippen molar-refractivity contribution < 1.29 is 4.79 Å². The van der Waals surface area contributed by atoms with E-state index in [9.17, 15) is 4.79 Å². The highest BCUT2D eigenvalue weighted by molar-refractivity contribution is 5.93. The van der Waals surface area contributed by atoms with Crippen LogP contribution in [0.5, 0.6) is 0 Å². The van der Waals surface area contributed by atoms with E-state index < -0.39 is 0 Å². The number of hydrogen-bond acceptors (Lipinski definition) is 2. The quantitative estimate of drug-likeness (QED) is 0.788. The molecule has 2 atom stereocenters. The fourth-order valence-corrected chi connectivity index (χ4v) is 4.22. The van der Waals surface area contributed by atoms with Gasteiger partial charge in [-0.1, -0.05) is 40.0 Å². The predicted molar refractivity (Wildman–Crippen MR) is 92.5 cm³/mol. The van der Waals surface area contributed by atoms with Gasteiger partial charge in [0.2, 0.25) is 0 Å². The molecule has 1 aromatic heterocycles. The lowest BCUT2D eigenvalue weighted by molar-refractivity contribution is 0.0558. The molecule has 1 saturated heterocycles. The molecule has 0 aromatic carbocycles. The molecule has 1 aliphatic heterocycles. The molecule has 128 valence electrons. The summed E-state index contributed by atoms with van der Waals surface area (Å²) in [4.78, 5) is 15.4. The van der Waals surface area contributed by atoms with Gasteiger partial charge in [-0.05, 0) is 37.7 Å². The highest BCUT2D eigenvalue weighted by atomic mass is 16.2. The second-order valence-electron chi connectivity index (χ2n) is 8.39. The smallest absolute Gasteiger partial charge is 0.272 e. The Kier molecular flexibility index (Phi) is 4.52. The minimum Gasteiger partial charge on any atom is -0.334 e. The summed E-state index contributed by atoms with van der Waals surface area (Å²) in [5.74, 6) is 0.903. The maximum absolute atomic E-state index is 13.2. The van der Waals surface area contributed by atoms with Gasteiger partial charge < -0.3 is 4.90 Å². The first-order valence-electron chi connectivity index (χ1n) is 9.23. The van der Waals surface area contributed by atoms with Crippen molar-refractivity contribution in [3.63, 3.8) is 0 Å². The normalized spacial score (nSPS) is 25.8. The van der Waals surface area contributed by atoms with Crippen LogP contribution in [0.4, 0.5) is 0 Å². The van der Waals surface area contributed by atoms with Gasteiger partial charge in [0.25, 0.3) is 5.91 Å². The summed E-state index contributed by atoms with van der Waals surface area (Å²) in [7, 11) is 1.90. The van der Waals surface area contributed by atoms with Crippen LogP contribution < -0.4 is 0 Å². The molecule has 2 fully saturated rings. The molecule has 0 bridgehead atoms. The largest absolute Gasteiger partial charge is 0.334 e. The van der Waals surface area contributed by atoms with Crippen molar-refractivity contribution in [1.29, 1.82) is 0 Å². The predicted octanol–water partition coefficient (Wildman–Crippen LogP) is 3.90. The Morgan fingerprint density at radius 2 is 1.78 bits per heavy atom. The molecule has 1 aromatic rings. The number of fused-ring (bicyclic) bond motifs is 1. The van der Waals surface area contributed by atoms with E-state index in [2.05, 4.69) is 30.8 Å². The van der Waals surface area contributed by atoms with Crippen molar-refractivity contribution >= 4 is 5.91 Å². The molecule has 0 spiro atoms. The van der Waals surface area contributed by atoms with Crippen molar-refractivity contribution in [2.24, 2.45) is 13.0 Å². The summed E-state index contributed by atoms with van der Waals surface area (Å²) in [6.07, 6.45) is 8.79. The Morgan fingerprint density at radius 3 is 2.43 bits per heavy atom. The second kappa shape index (κ2) is 6.29. The first kappa shape index (κ1) is 16.5. The number of amides is 1. The van der Waals surface area contributed by atoms with Gasteiger partial charge in [-0.15, -0.1) is 0 Å². The summed E-state index contributed by atoms with van der Waals surface area (Å²) in [5.41, 5.74) is 1.72. The number of nitrogens with zero attached hydrogens (tertiary/aromatic N) is 3. The Balaban J connectivity index is 1.87. The van der Waals surface area contributed by atoms with E-state index in [-0.39, 0.29) is 11.3 Å². The van der Waals surface area contributed by atoms with Crippen LogP contribution in [0.2, 0.25) is 0 Å². The number of aryl methyl sites for hydroxylation is 1. The Hall–Kier alpha value is -1.32. The van der Waals surface area contributed by atoms with Gasteiger partial charge in [-0.2, -0.15) is 5.10 Å². The summed E-state index contributed by atoms with van der Waals surface area (Å²) >= 11 is 0. The molecular formula is C19H31N3O. The zero-order chi connectivity index (χ0) is 16.6. The van der Waals surface area contributed by atoms with E-state index >= 15 is 0 Å². The first-order valence-corrected chi connectivity index (χ1v) is 9.23. The minimum absolute atomic E-state index is 0.0253. The molecule has 1 saturated carbocycles. The van der Waals surface area contributed by atoms with Gasteiger partial charge >= 0.3 is 0 Å². The molecule has 4 heteroatoms. The summed E-state index contributed by atoms with van der Waals surface area (Å²) in [6.45, 7) is 7.35. The van der Waals surface area contributed by atoms with Crippen LogP contribution >= 0.6 is 0 Å². The van der Waals surface area contributed by atoms with Gasteiger partial charge in [0, 0.05) is 25.0 Å². The Labute approximate surface area is 140 Å². The standard InChI is InChI=1S/C19H31N3O/c1-19(2,3)17-13-16(21(4)20-17)18(23)22-12-8-7-10-14-9-5-6-11-15(14)22/h13-15H,5-12H2,1-4H3/t14-,15+/m0/s1. The van der Waals surface area contributed by atoms with E-state index in [1.165, 1.54) is 38.5 Å². The Bertz CT molecular complexity index is 570. The third-order valence-electron chi connectivity index (χ3n) is 5.62. The first-order chi connectivity index (χ1) is 10.9. The molecule has 2 aliphatic rings. The van der Waals surface area contributed by atoms with Crippen LogP contribution in [0.15, 0.2) is 6.07 Å². The van der Waals surface area contributed by atoms with Crippen LogP contribution in [0.1, 0.15) is 81.9 Å². The number of carbonyl (C=O) groups excluding carboxylic acids is 1. The van der Waals surface area contributed by atoms with Crippen molar-refractivity contribution in [2.75, 3.05) is 6.54 Å². The number of aromatic nitrogens is 2. The lowest BCUT2D eigenvalue weighted by Crippen LogP contribution is -2.45. The SMILES string of the molecule is Cn1nc(C(C)(C)C)cc1C(=O)N1CCCC[C@@H]2CCCC[C@H]21. The highest BCUT2D eigenvalue weighted by Crippen LogP contribution is 2.35. The number of likely N-dealkylation sites (tertiary alicyclic amines) is 1. The lowest BCUT2D eigenvalue weighted by Gasteiger charge is -2.38. The highest BCUT2D eigenvalue weighted by Gasteiger charge is 2.36. The van der Waals surface area contributed by atoms with E-state index in [1.807, 2.05) is 13.1 Å². The van der Waals surface area contributed by atoms with Crippen LogP contribution in [-0.4, -0.2) is 33.2 Å². The molecular weight excluding hydrogens is 286 g/mol. The topological polar surface area (TPSA) is 38.1 Å². The molecule has 4 nitrogen and oxygen atoms in total. The van der Waals surface area contributed by atoms with Crippen LogP contribution in [0.25, 0.3) is 0 Å². The average molecular weight is 317 g/mol. The van der Waals surface area contributed by atoms with Gasteiger partial charge in [-0.3, -0.25) is 9.48 Å². The van der Waals surface area contributed by atoms with Crippen LogP contribution in [0, 0.1) is 5.92 Å². The summed E-state index contributed by atoms with van der Waals surface area (Å²) in [6, 6.07) is 2.46. The summed E-state index contributed by atoms with van der Waals surface area (Å²) in [5, 5.41) is 4.59. The second-order valence-corrected chi connectivity index (χ2v) is 8.39. The van der Waals surface area contributed by atoms with Gasteiger partial charge in [0.15, 0.2) is 0 Å². The number of rotatable bonds is 1.